The molecule has 4 heteroatoms. The van der Waals surface area contributed by atoms with E-state index < -0.39 is 0 Å². The lowest BCUT2D eigenvalue weighted by Gasteiger charge is -2.48. The Morgan fingerprint density at radius 2 is 2.00 bits per heavy atom. The maximum Gasteiger partial charge on any atom is 0.246 e. The second-order valence-electron chi connectivity index (χ2n) is 6.72. The summed E-state index contributed by atoms with van der Waals surface area (Å²) in [7, 11) is 0. The van der Waals surface area contributed by atoms with Crippen LogP contribution in [0.15, 0.2) is 0 Å². The van der Waals surface area contributed by atoms with E-state index in [1.54, 1.807) is 0 Å². The van der Waals surface area contributed by atoms with Gasteiger partial charge in [-0.1, -0.05) is 33.6 Å². The molecule has 1 aliphatic carbocycles. The lowest BCUT2D eigenvalue weighted by molar-refractivity contribution is -0.153. The number of carbonyl (C=O) groups is 2. The monoisotopic (exact) mass is 280 g/mol. The van der Waals surface area contributed by atoms with Crippen molar-refractivity contribution >= 4 is 11.8 Å². The Hall–Kier alpha value is -1.06. The molecule has 1 saturated heterocycles. The molecule has 0 radical (unpaired) electrons. The first-order chi connectivity index (χ1) is 9.44. The molecular weight excluding hydrogens is 252 g/mol. The summed E-state index contributed by atoms with van der Waals surface area (Å²) in [5.41, 5.74) is 0.265. The molecule has 20 heavy (non-hydrogen) atoms. The van der Waals surface area contributed by atoms with Crippen LogP contribution in [0.2, 0.25) is 0 Å². The predicted molar refractivity (Wildman–Crippen MR) is 79.1 cm³/mol. The van der Waals surface area contributed by atoms with Gasteiger partial charge < -0.3 is 10.2 Å². The molecule has 1 aliphatic heterocycles. The lowest BCUT2D eigenvalue weighted by atomic mass is 9.66. The molecule has 2 rings (SSSR count). The van der Waals surface area contributed by atoms with Gasteiger partial charge in [0.2, 0.25) is 11.8 Å². The average Bonchev–Trinajstić information content (AvgIpc) is 2.40. The number of rotatable bonds is 5. The number of nitrogens with zero attached hydrogens (tertiary/aromatic N) is 1. The maximum atomic E-state index is 12.7. The third-order valence-electron chi connectivity index (χ3n) is 5.58. The quantitative estimate of drug-likeness (QED) is 0.840. The van der Waals surface area contributed by atoms with Crippen LogP contribution in [0.5, 0.6) is 0 Å². The number of piperazine rings is 1. The molecule has 1 heterocycles. The minimum Gasteiger partial charge on any atom is -0.342 e. The molecule has 1 saturated carbocycles. The summed E-state index contributed by atoms with van der Waals surface area (Å²) in [6.45, 7) is 8.90. The van der Waals surface area contributed by atoms with Gasteiger partial charge in [-0.15, -0.1) is 0 Å². The van der Waals surface area contributed by atoms with Gasteiger partial charge in [-0.3, -0.25) is 9.59 Å². The molecule has 2 fully saturated rings. The normalized spacial score (nSPS) is 30.7. The zero-order chi connectivity index (χ0) is 14.9. The summed E-state index contributed by atoms with van der Waals surface area (Å²) >= 11 is 0. The van der Waals surface area contributed by atoms with Crippen molar-refractivity contribution in [2.24, 2.45) is 11.3 Å². The second kappa shape index (κ2) is 5.74. The minimum atomic E-state index is -0.335. The first-order valence-electron chi connectivity index (χ1n) is 8.05. The van der Waals surface area contributed by atoms with Gasteiger partial charge in [0.05, 0.1) is 0 Å². The Bertz CT molecular complexity index is 384. The fourth-order valence-electron chi connectivity index (χ4n) is 3.34. The zero-order valence-electron chi connectivity index (χ0n) is 13.2. The summed E-state index contributed by atoms with van der Waals surface area (Å²) in [6.07, 6.45) is 5.63. The highest BCUT2D eigenvalue weighted by atomic mass is 16.2. The molecule has 0 spiro atoms. The number of nitrogens with one attached hydrogen (secondary N) is 1. The zero-order valence-corrected chi connectivity index (χ0v) is 13.2. The molecule has 0 bridgehead atoms. The fraction of sp³-hybridized carbons (Fsp3) is 0.875. The minimum absolute atomic E-state index is 0.000441. The molecule has 0 aromatic rings. The summed E-state index contributed by atoms with van der Waals surface area (Å²) in [4.78, 5) is 26.7. The summed E-state index contributed by atoms with van der Waals surface area (Å²) in [5, 5.41) is 2.91. The molecule has 1 N–H and O–H groups in total. The van der Waals surface area contributed by atoms with Crippen LogP contribution in [0.4, 0.5) is 0 Å². The van der Waals surface area contributed by atoms with Crippen molar-refractivity contribution in [2.45, 2.75) is 71.9 Å². The third kappa shape index (κ3) is 2.57. The topological polar surface area (TPSA) is 49.4 Å². The van der Waals surface area contributed by atoms with E-state index in [-0.39, 0.29) is 35.2 Å². The number of carbonyl (C=O) groups excluding carboxylic acids is 2. The van der Waals surface area contributed by atoms with E-state index in [9.17, 15) is 9.59 Å². The Labute approximate surface area is 122 Å². The van der Waals surface area contributed by atoms with Gasteiger partial charge in [0.15, 0.2) is 0 Å². The molecule has 0 aromatic carbocycles. The van der Waals surface area contributed by atoms with E-state index >= 15 is 0 Å². The lowest BCUT2D eigenvalue weighted by Crippen LogP contribution is -2.65. The fourth-order valence-corrected chi connectivity index (χ4v) is 3.34. The first-order valence-corrected chi connectivity index (χ1v) is 8.05. The maximum absolute atomic E-state index is 12.7. The van der Waals surface area contributed by atoms with E-state index in [0.29, 0.717) is 0 Å². The summed E-state index contributed by atoms with van der Waals surface area (Å²) in [6, 6.07) is -0.662. The Morgan fingerprint density at radius 1 is 1.35 bits per heavy atom. The van der Waals surface area contributed by atoms with E-state index in [2.05, 4.69) is 19.2 Å². The van der Waals surface area contributed by atoms with Crippen molar-refractivity contribution in [3.05, 3.63) is 0 Å². The standard InChI is InChI=1S/C16H28N2O2/c1-5-11(3)13-15(20)18(12(4)14(19)17-13)10-16(6-2)8-7-9-16/h11-13H,5-10H2,1-4H3,(H,17,19). The van der Waals surface area contributed by atoms with Crippen LogP contribution in [0.3, 0.4) is 0 Å². The SMILES string of the molecule is CCC(C)C1NC(=O)C(C)N(CC2(CC)CCC2)C1=O. The molecular formula is C16H28N2O2. The molecule has 3 unspecified atom stereocenters. The van der Waals surface area contributed by atoms with E-state index in [0.717, 1.165) is 19.4 Å². The van der Waals surface area contributed by atoms with Gasteiger partial charge in [-0.25, -0.2) is 0 Å². The highest BCUT2D eigenvalue weighted by molar-refractivity contribution is 5.96. The number of hydrogen-bond acceptors (Lipinski definition) is 2. The Balaban J connectivity index is 2.15. The smallest absolute Gasteiger partial charge is 0.246 e. The molecule has 2 aliphatic rings. The summed E-state index contributed by atoms with van der Waals surface area (Å²) < 4.78 is 0. The van der Waals surface area contributed by atoms with Gasteiger partial charge in [-0.2, -0.15) is 0 Å². The van der Waals surface area contributed by atoms with Crippen LogP contribution in [0, 0.1) is 11.3 Å². The van der Waals surface area contributed by atoms with Crippen molar-refractivity contribution in [3.63, 3.8) is 0 Å². The molecule has 0 aromatic heterocycles. The van der Waals surface area contributed by atoms with Crippen molar-refractivity contribution in [1.82, 2.24) is 10.2 Å². The van der Waals surface area contributed by atoms with Gasteiger partial charge in [0, 0.05) is 6.54 Å². The van der Waals surface area contributed by atoms with Crippen molar-refractivity contribution < 1.29 is 9.59 Å². The van der Waals surface area contributed by atoms with E-state index in [1.165, 1.54) is 19.3 Å². The van der Waals surface area contributed by atoms with Gasteiger partial charge in [0.25, 0.3) is 0 Å². The van der Waals surface area contributed by atoms with E-state index in [4.69, 9.17) is 0 Å². The van der Waals surface area contributed by atoms with Crippen LogP contribution < -0.4 is 5.32 Å². The van der Waals surface area contributed by atoms with Crippen LogP contribution in [0.1, 0.15) is 59.8 Å². The molecule has 2 amide bonds. The highest BCUT2D eigenvalue weighted by Crippen LogP contribution is 2.45. The average molecular weight is 280 g/mol. The first kappa shape index (κ1) is 15.3. The van der Waals surface area contributed by atoms with Crippen molar-refractivity contribution in [1.29, 1.82) is 0 Å². The van der Waals surface area contributed by atoms with Crippen LogP contribution >= 0.6 is 0 Å². The van der Waals surface area contributed by atoms with Crippen molar-refractivity contribution in [2.75, 3.05) is 6.54 Å². The number of amides is 2. The van der Waals surface area contributed by atoms with Gasteiger partial charge >= 0.3 is 0 Å². The predicted octanol–water partition coefficient (Wildman–Crippen LogP) is 2.33. The van der Waals surface area contributed by atoms with Crippen LogP contribution in [-0.2, 0) is 9.59 Å². The Kier molecular flexibility index (Phi) is 4.40. The third-order valence-corrected chi connectivity index (χ3v) is 5.58. The largest absolute Gasteiger partial charge is 0.342 e. The molecule has 114 valence electrons. The summed E-state index contributed by atoms with van der Waals surface area (Å²) in [5.74, 6) is 0.312. The van der Waals surface area contributed by atoms with Crippen LogP contribution in [0.25, 0.3) is 0 Å². The van der Waals surface area contributed by atoms with Gasteiger partial charge in [-0.05, 0) is 37.5 Å². The molecule has 3 atom stereocenters. The van der Waals surface area contributed by atoms with E-state index in [1.807, 2.05) is 18.7 Å². The second-order valence-corrected chi connectivity index (χ2v) is 6.72. The highest BCUT2D eigenvalue weighted by Gasteiger charge is 2.45. The van der Waals surface area contributed by atoms with Crippen LogP contribution in [-0.4, -0.2) is 35.3 Å². The van der Waals surface area contributed by atoms with Crippen molar-refractivity contribution in [3.8, 4) is 0 Å². The molecule has 4 nitrogen and oxygen atoms in total. The Morgan fingerprint density at radius 3 is 2.45 bits per heavy atom. The number of hydrogen-bond donors (Lipinski definition) is 1. The van der Waals surface area contributed by atoms with Gasteiger partial charge in [0.1, 0.15) is 12.1 Å².